The van der Waals surface area contributed by atoms with Gasteiger partial charge in [0.25, 0.3) is 5.56 Å². The Kier molecular flexibility index (Phi) is 5.98. The smallest absolute Gasteiger partial charge is 0.321 e. The van der Waals surface area contributed by atoms with E-state index in [0.717, 1.165) is 17.2 Å². The van der Waals surface area contributed by atoms with Gasteiger partial charge in [0, 0.05) is 24.7 Å². The molecule has 2 N–H and O–H groups in total. The number of nitrogens with one attached hydrogen (secondary N) is 2. The molecule has 0 fully saturated rings. The van der Waals surface area contributed by atoms with Gasteiger partial charge >= 0.3 is 11.9 Å². The summed E-state index contributed by atoms with van der Waals surface area (Å²) >= 11 is 5.73. The Morgan fingerprint density at radius 1 is 1.09 bits per heavy atom. The van der Waals surface area contributed by atoms with Gasteiger partial charge in [0.2, 0.25) is 0 Å². The number of halogens is 4. The summed E-state index contributed by atoms with van der Waals surface area (Å²) in [6, 6.07) is 7.35. The first-order chi connectivity index (χ1) is 15.5. The molecule has 0 bridgehead atoms. The van der Waals surface area contributed by atoms with E-state index in [9.17, 15) is 22.8 Å². The number of rotatable bonds is 5. The van der Waals surface area contributed by atoms with Crippen LogP contribution in [0.4, 0.5) is 13.2 Å². The summed E-state index contributed by atoms with van der Waals surface area (Å²) in [7, 11) is 0. The molecule has 2 aliphatic heterocycles. The van der Waals surface area contributed by atoms with E-state index in [4.69, 9.17) is 11.6 Å². The quantitative estimate of drug-likeness (QED) is 0.338. The first kappa shape index (κ1) is 22.9. The van der Waals surface area contributed by atoms with Crippen LogP contribution in [0.25, 0.3) is 22.6 Å². The molecule has 2 aliphatic rings. The van der Waals surface area contributed by atoms with Crippen molar-refractivity contribution >= 4 is 22.6 Å². The first-order valence-electron chi connectivity index (χ1n) is 10.0. The largest absolute Gasteiger partial charge is 0.416 e. The van der Waals surface area contributed by atoms with Gasteiger partial charge in [0.05, 0.1) is 16.6 Å². The topological polar surface area (TPSA) is 92.7 Å². The van der Waals surface area contributed by atoms with Gasteiger partial charge in [-0.15, -0.1) is 0 Å². The molecule has 0 saturated heterocycles. The first-order valence-corrected chi connectivity index (χ1v) is 10.4. The van der Waals surface area contributed by atoms with Crippen molar-refractivity contribution in [3.63, 3.8) is 0 Å². The van der Waals surface area contributed by atoms with Crippen molar-refractivity contribution in [2.24, 2.45) is 0 Å². The fourth-order valence-electron chi connectivity index (χ4n) is 3.66. The lowest BCUT2D eigenvalue weighted by Gasteiger charge is -2.18. The van der Waals surface area contributed by atoms with E-state index in [2.05, 4.69) is 20.3 Å². The highest BCUT2D eigenvalue weighted by molar-refractivity contribution is 6.30. The highest BCUT2D eigenvalue weighted by Crippen LogP contribution is 2.33. The van der Waals surface area contributed by atoms with Gasteiger partial charge in [-0.3, -0.25) is 9.78 Å². The van der Waals surface area contributed by atoms with Crippen LogP contribution in [0.3, 0.4) is 0 Å². The normalized spacial score (nSPS) is 12.1. The van der Waals surface area contributed by atoms with E-state index in [1.54, 1.807) is 4.57 Å². The average molecular weight is 478 g/mol. The molecule has 172 valence electrons. The number of aromatic nitrogens is 4. The van der Waals surface area contributed by atoms with Gasteiger partial charge in [0.1, 0.15) is 0 Å². The lowest BCUT2D eigenvalue weighted by molar-refractivity contribution is -0.138. The number of nitrogens with zero attached hydrogens (tertiary/aromatic N) is 3. The molecule has 11 heteroatoms. The fourth-order valence-corrected chi connectivity index (χ4v) is 3.83. The lowest BCUT2D eigenvalue weighted by Crippen LogP contribution is -2.30. The minimum atomic E-state index is -4.53. The lowest BCUT2D eigenvalue weighted by atomic mass is 10.1. The molecule has 33 heavy (non-hydrogen) atoms. The number of aromatic amines is 1. The van der Waals surface area contributed by atoms with E-state index in [1.165, 1.54) is 12.1 Å². The molecule has 0 aliphatic carbocycles. The molecule has 4 rings (SSSR count). The van der Waals surface area contributed by atoms with Crippen LogP contribution in [0, 0.1) is 13.8 Å². The predicted molar refractivity (Wildman–Crippen MR) is 119 cm³/mol. The number of hydrogen-bond donors (Lipinski definition) is 2. The van der Waals surface area contributed by atoms with Crippen molar-refractivity contribution < 1.29 is 13.2 Å². The second kappa shape index (κ2) is 8.60. The van der Waals surface area contributed by atoms with Crippen LogP contribution in [-0.2, 0) is 19.3 Å². The van der Waals surface area contributed by atoms with E-state index in [1.807, 2.05) is 26.0 Å². The van der Waals surface area contributed by atoms with E-state index in [-0.39, 0.29) is 41.7 Å². The Morgan fingerprint density at radius 2 is 1.82 bits per heavy atom. The Balaban J connectivity index is 1.67. The van der Waals surface area contributed by atoms with Gasteiger partial charge in [-0.1, -0.05) is 17.7 Å². The number of fused-ring (bicyclic) bond motifs is 2. The third-order valence-corrected chi connectivity index (χ3v) is 5.66. The Bertz CT molecular complexity index is 1450. The van der Waals surface area contributed by atoms with Crippen LogP contribution in [0.2, 0.25) is 5.02 Å². The summed E-state index contributed by atoms with van der Waals surface area (Å²) < 4.78 is 41.7. The van der Waals surface area contributed by atoms with Gasteiger partial charge in [0.15, 0.2) is 11.5 Å². The van der Waals surface area contributed by atoms with Crippen LogP contribution in [-0.4, -0.2) is 26.1 Å². The molecular formula is C22H19ClF3N5O2. The summed E-state index contributed by atoms with van der Waals surface area (Å²) in [5, 5.41) is 3.00. The molecule has 0 saturated carbocycles. The van der Waals surface area contributed by atoms with Crippen LogP contribution >= 0.6 is 11.6 Å². The average Bonchev–Trinajstić information content (AvgIpc) is 2.72. The maximum Gasteiger partial charge on any atom is 0.416 e. The van der Waals surface area contributed by atoms with Gasteiger partial charge < -0.3 is 9.88 Å². The van der Waals surface area contributed by atoms with E-state index in [0.29, 0.717) is 11.0 Å². The maximum absolute atomic E-state index is 13.3. The number of aryl methyl sites for hydroxylation is 2. The van der Waals surface area contributed by atoms with Gasteiger partial charge in [-0.05, 0) is 54.8 Å². The minimum Gasteiger partial charge on any atom is -0.321 e. The van der Waals surface area contributed by atoms with Crippen LogP contribution < -0.4 is 16.6 Å². The summed E-state index contributed by atoms with van der Waals surface area (Å²) in [4.78, 5) is 34.6. The molecule has 2 heterocycles. The van der Waals surface area contributed by atoms with Gasteiger partial charge in [-0.25, -0.2) is 9.78 Å². The zero-order chi connectivity index (χ0) is 23.9. The van der Waals surface area contributed by atoms with E-state index >= 15 is 0 Å². The molecule has 0 radical (unpaired) electrons. The molecule has 0 spiro atoms. The third-order valence-electron chi connectivity index (χ3n) is 5.43. The molecule has 7 nitrogen and oxygen atoms in total. The van der Waals surface area contributed by atoms with Crippen molar-refractivity contribution in [1.82, 2.24) is 24.8 Å². The summed E-state index contributed by atoms with van der Waals surface area (Å²) in [5.41, 5.74) is 0.996. The molecule has 0 atom stereocenters. The van der Waals surface area contributed by atoms with Crippen LogP contribution in [0.1, 0.15) is 22.3 Å². The van der Waals surface area contributed by atoms with Crippen LogP contribution in [0.5, 0.6) is 0 Å². The SMILES string of the molecule is Cc1cc2nc3c(=O)[nH]c(=O)nc-3n(CCNCc3ccc(Cl)cc3C(F)(F)F)c2cc1C. The maximum atomic E-state index is 13.3. The fraction of sp³-hybridized carbons (Fsp3) is 0.273. The zero-order valence-electron chi connectivity index (χ0n) is 17.7. The minimum absolute atomic E-state index is 0.00623. The highest BCUT2D eigenvalue weighted by Gasteiger charge is 2.33. The predicted octanol–water partition coefficient (Wildman–Crippen LogP) is 3.66. The summed E-state index contributed by atoms with van der Waals surface area (Å²) in [6.07, 6.45) is -4.53. The number of benzene rings is 2. The van der Waals surface area contributed by atoms with Crippen molar-refractivity contribution in [2.45, 2.75) is 33.1 Å². The number of alkyl halides is 3. The van der Waals surface area contributed by atoms with Crippen molar-refractivity contribution in [3.8, 4) is 11.5 Å². The number of H-pyrrole nitrogens is 1. The summed E-state index contributed by atoms with van der Waals surface area (Å²) in [6.45, 7) is 4.27. The monoisotopic (exact) mass is 477 g/mol. The summed E-state index contributed by atoms with van der Waals surface area (Å²) in [5.74, 6) is 0.115. The molecule has 0 aromatic heterocycles. The van der Waals surface area contributed by atoms with Gasteiger partial charge in [-0.2, -0.15) is 18.2 Å². The molecule has 0 unspecified atom stereocenters. The zero-order valence-corrected chi connectivity index (χ0v) is 18.4. The van der Waals surface area contributed by atoms with Crippen molar-refractivity contribution in [1.29, 1.82) is 0 Å². The Morgan fingerprint density at radius 3 is 2.55 bits per heavy atom. The second-order valence-corrected chi connectivity index (χ2v) is 8.14. The molecule has 0 amide bonds. The highest BCUT2D eigenvalue weighted by atomic mass is 35.5. The molecule has 2 aromatic carbocycles. The number of hydrogen-bond acceptors (Lipinski definition) is 5. The second-order valence-electron chi connectivity index (χ2n) is 7.71. The van der Waals surface area contributed by atoms with Crippen LogP contribution in [0.15, 0.2) is 39.9 Å². The standard InChI is InChI=1S/C22H19ClF3N5O2/c1-11-7-16-17(8-12(11)2)31(19-18(28-16)20(32)30-21(33)29-19)6-5-27-10-13-3-4-14(23)9-15(13)22(24,25)26/h3-4,7-9,27H,5-6,10H2,1-2H3,(H,30,32,33). The third kappa shape index (κ3) is 4.62. The molecule has 2 aromatic rings. The van der Waals surface area contributed by atoms with E-state index < -0.39 is 23.0 Å². The Hall–Kier alpha value is -3.24. The van der Waals surface area contributed by atoms with Crippen molar-refractivity contribution in [3.05, 3.63) is 78.4 Å². The molecular weight excluding hydrogens is 459 g/mol. The van der Waals surface area contributed by atoms with Crippen molar-refractivity contribution in [2.75, 3.05) is 6.54 Å². The Labute approximate surface area is 190 Å².